The van der Waals surface area contributed by atoms with Crippen LogP contribution in [-0.4, -0.2) is 13.7 Å². The van der Waals surface area contributed by atoms with E-state index >= 15 is 0 Å². The van der Waals surface area contributed by atoms with Gasteiger partial charge in [-0.3, -0.25) is 0 Å². The highest BCUT2D eigenvalue weighted by atomic mass is 127. The molecule has 0 aliphatic heterocycles. The van der Waals surface area contributed by atoms with Gasteiger partial charge in [0.1, 0.15) is 5.82 Å². The van der Waals surface area contributed by atoms with Crippen LogP contribution in [0.2, 0.25) is 0 Å². The topological polar surface area (TPSA) is 30.5 Å². The first-order valence-corrected chi connectivity index (χ1v) is 7.70. The van der Waals surface area contributed by atoms with Crippen molar-refractivity contribution in [3.63, 3.8) is 0 Å². The molecule has 5 heteroatoms. The van der Waals surface area contributed by atoms with E-state index in [2.05, 4.69) is 27.9 Å². The third-order valence-corrected chi connectivity index (χ3v) is 3.72. The third kappa shape index (κ3) is 4.23. The molecule has 0 aliphatic carbocycles. The fraction of sp³-hybridized carbons (Fsp3) is 0.250. The van der Waals surface area contributed by atoms with Gasteiger partial charge in [0.15, 0.2) is 11.5 Å². The summed E-state index contributed by atoms with van der Waals surface area (Å²) in [7, 11) is 1.64. The summed E-state index contributed by atoms with van der Waals surface area (Å²) in [6.07, 6.45) is 0. The van der Waals surface area contributed by atoms with Gasteiger partial charge >= 0.3 is 0 Å². The average Bonchev–Trinajstić information content (AvgIpc) is 2.47. The Morgan fingerprint density at radius 1 is 1.19 bits per heavy atom. The quantitative estimate of drug-likeness (QED) is 0.726. The van der Waals surface area contributed by atoms with Crippen LogP contribution < -0.4 is 14.8 Å². The van der Waals surface area contributed by atoms with E-state index in [1.807, 2.05) is 19.1 Å². The number of halogens is 2. The van der Waals surface area contributed by atoms with Gasteiger partial charge in [-0.05, 0) is 71.5 Å². The molecule has 0 aromatic heterocycles. The van der Waals surface area contributed by atoms with E-state index in [0.717, 1.165) is 26.3 Å². The minimum atomic E-state index is -0.238. The van der Waals surface area contributed by atoms with E-state index in [4.69, 9.17) is 9.47 Å². The lowest BCUT2D eigenvalue weighted by atomic mass is 10.2. The Hall–Kier alpha value is -1.50. The molecule has 21 heavy (non-hydrogen) atoms. The highest BCUT2D eigenvalue weighted by Gasteiger charge is 2.11. The second kappa shape index (κ2) is 7.49. The van der Waals surface area contributed by atoms with E-state index in [9.17, 15) is 4.39 Å². The van der Waals surface area contributed by atoms with Crippen molar-refractivity contribution in [1.82, 2.24) is 0 Å². The van der Waals surface area contributed by atoms with Gasteiger partial charge in [-0.1, -0.05) is 0 Å². The molecule has 0 spiro atoms. The summed E-state index contributed by atoms with van der Waals surface area (Å²) in [5.74, 6) is 1.25. The van der Waals surface area contributed by atoms with E-state index in [1.54, 1.807) is 19.2 Å². The number of hydrogen-bond acceptors (Lipinski definition) is 3. The molecule has 112 valence electrons. The average molecular weight is 401 g/mol. The Kier molecular flexibility index (Phi) is 5.67. The number of methoxy groups -OCH3 is 1. The van der Waals surface area contributed by atoms with Gasteiger partial charge in [0, 0.05) is 12.2 Å². The fourth-order valence-corrected chi connectivity index (χ4v) is 2.84. The Morgan fingerprint density at radius 2 is 1.90 bits per heavy atom. The largest absolute Gasteiger partial charge is 0.492 e. The molecule has 0 bridgehead atoms. The van der Waals surface area contributed by atoms with Gasteiger partial charge in [0.2, 0.25) is 0 Å². The summed E-state index contributed by atoms with van der Waals surface area (Å²) < 4.78 is 24.8. The van der Waals surface area contributed by atoms with Crippen LogP contribution in [0.5, 0.6) is 11.5 Å². The standard InChI is InChI=1S/C16H17FINO2/c1-3-21-15-9-11(8-14(18)16(15)20-2)10-19-13-6-4-12(17)5-7-13/h4-9,19H,3,10H2,1-2H3. The maximum Gasteiger partial charge on any atom is 0.174 e. The first kappa shape index (κ1) is 15.9. The minimum absolute atomic E-state index is 0.238. The van der Waals surface area contributed by atoms with Gasteiger partial charge in [0.25, 0.3) is 0 Å². The summed E-state index contributed by atoms with van der Waals surface area (Å²) in [6, 6.07) is 10.3. The molecule has 2 rings (SSSR count). The number of hydrogen-bond donors (Lipinski definition) is 1. The molecule has 0 aliphatic rings. The molecule has 0 amide bonds. The molecule has 3 nitrogen and oxygen atoms in total. The van der Waals surface area contributed by atoms with Crippen molar-refractivity contribution in [3.8, 4) is 11.5 Å². The molecule has 0 radical (unpaired) electrons. The van der Waals surface area contributed by atoms with E-state index in [0.29, 0.717) is 13.2 Å². The summed E-state index contributed by atoms with van der Waals surface area (Å²) in [6.45, 7) is 3.16. The molecular formula is C16H17FINO2. The Morgan fingerprint density at radius 3 is 2.52 bits per heavy atom. The van der Waals surface area contributed by atoms with Crippen LogP contribution in [0.3, 0.4) is 0 Å². The Balaban J connectivity index is 2.14. The Bertz CT molecular complexity index is 602. The lowest BCUT2D eigenvalue weighted by Gasteiger charge is -2.14. The number of benzene rings is 2. The normalized spacial score (nSPS) is 10.3. The molecule has 0 fully saturated rings. The summed E-state index contributed by atoms with van der Waals surface area (Å²) in [5, 5.41) is 3.26. The predicted molar refractivity (Wildman–Crippen MR) is 90.6 cm³/mol. The van der Waals surface area contributed by atoms with Crippen LogP contribution in [0.4, 0.5) is 10.1 Å². The van der Waals surface area contributed by atoms with Gasteiger partial charge in [-0.2, -0.15) is 0 Å². The second-order valence-corrected chi connectivity index (χ2v) is 5.56. The van der Waals surface area contributed by atoms with Gasteiger partial charge < -0.3 is 14.8 Å². The third-order valence-electron chi connectivity index (χ3n) is 2.91. The zero-order valence-electron chi connectivity index (χ0n) is 12.0. The van der Waals surface area contributed by atoms with Crippen LogP contribution in [0, 0.1) is 9.39 Å². The van der Waals surface area contributed by atoms with Crippen LogP contribution in [-0.2, 0) is 6.54 Å². The fourth-order valence-electron chi connectivity index (χ4n) is 1.96. The smallest absolute Gasteiger partial charge is 0.174 e. The summed E-state index contributed by atoms with van der Waals surface area (Å²) in [4.78, 5) is 0. The van der Waals surface area contributed by atoms with Crippen molar-refractivity contribution in [3.05, 3.63) is 51.3 Å². The predicted octanol–water partition coefficient (Wildman–Crippen LogP) is 4.45. The molecular weight excluding hydrogens is 384 g/mol. The lowest BCUT2D eigenvalue weighted by Crippen LogP contribution is -2.03. The maximum absolute atomic E-state index is 12.9. The molecule has 2 aromatic rings. The monoisotopic (exact) mass is 401 g/mol. The SMILES string of the molecule is CCOc1cc(CNc2ccc(F)cc2)cc(I)c1OC. The maximum atomic E-state index is 12.9. The number of ether oxygens (including phenoxy) is 2. The number of nitrogens with one attached hydrogen (secondary N) is 1. The zero-order chi connectivity index (χ0) is 15.2. The van der Waals surface area contributed by atoms with Gasteiger partial charge in [-0.25, -0.2) is 4.39 Å². The number of rotatable bonds is 6. The highest BCUT2D eigenvalue weighted by Crippen LogP contribution is 2.34. The van der Waals surface area contributed by atoms with Gasteiger partial charge in [0.05, 0.1) is 17.3 Å². The van der Waals surface area contributed by atoms with E-state index in [1.165, 1.54) is 12.1 Å². The highest BCUT2D eigenvalue weighted by molar-refractivity contribution is 14.1. The summed E-state index contributed by atoms with van der Waals surface area (Å²) >= 11 is 2.23. The second-order valence-electron chi connectivity index (χ2n) is 4.40. The van der Waals surface area contributed by atoms with Crippen LogP contribution in [0.25, 0.3) is 0 Å². The van der Waals surface area contributed by atoms with Gasteiger partial charge in [-0.15, -0.1) is 0 Å². The van der Waals surface area contributed by atoms with Crippen molar-refractivity contribution in [2.45, 2.75) is 13.5 Å². The van der Waals surface area contributed by atoms with Crippen molar-refractivity contribution in [2.75, 3.05) is 19.0 Å². The van der Waals surface area contributed by atoms with Crippen molar-refractivity contribution >= 4 is 28.3 Å². The van der Waals surface area contributed by atoms with Crippen LogP contribution in [0.1, 0.15) is 12.5 Å². The summed E-state index contributed by atoms with van der Waals surface area (Å²) in [5.41, 5.74) is 1.95. The first-order chi connectivity index (χ1) is 10.1. The molecule has 0 atom stereocenters. The number of anilines is 1. The Labute approximate surface area is 137 Å². The molecule has 1 N–H and O–H groups in total. The van der Waals surface area contributed by atoms with Crippen LogP contribution >= 0.6 is 22.6 Å². The first-order valence-electron chi connectivity index (χ1n) is 6.62. The molecule has 0 saturated heterocycles. The molecule has 0 unspecified atom stereocenters. The van der Waals surface area contributed by atoms with Crippen molar-refractivity contribution in [2.24, 2.45) is 0 Å². The van der Waals surface area contributed by atoms with E-state index in [-0.39, 0.29) is 5.82 Å². The van der Waals surface area contributed by atoms with E-state index < -0.39 is 0 Å². The van der Waals surface area contributed by atoms with Crippen molar-refractivity contribution < 1.29 is 13.9 Å². The van der Waals surface area contributed by atoms with Crippen LogP contribution in [0.15, 0.2) is 36.4 Å². The molecule has 0 saturated carbocycles. The minimum Gasteiger partial charge on any atom is -0.492 e. The molecule has 0 heterocycles. The molecule has 2 aromatic carbocycles. The lowest BCUT2D eigenvalue weighted by molar-refractivity contribution is 0.309. The van der Waals surface area contributed by atoms with Crippen molar-refractivity contribution in [1.29, 1.82) is 0 Å². The zero-order valence-corrected chi connectivity index (χ0v) is 14.1.